The van der Waals surface area contributed by atoms with Gasteiger partial charge in [0.15, 0.2) is 14.6 Å². The van der Waals surface area contributed by atoms with Gasteiger partial charge in [-0.3, -0.25) is 0 Å². The fraction of sp³-hybridized carbons (Fsp3) is 0.611. The van der Waals surface area contributed by atoms with Crippen LogP contribution < -0.4 is 4.72 Å². The summed E-state index contributed by atoms with van der Waals surface area (Å²) in [4.78, 5) is 0. The molecule has 1 aromatic rings. The van der Waals surface area contributed by atoms with Crippen molar-refractivity contribution in [2.45, 2.75) is 62.0 Å². The second-order valence-corrected chi connectivity index (χ2v) is 13.2. The van der Waals surface area contributed by atoms with E-state index in [-0.39, 0.29) is 5.75 Å². The normalized spacial score (nSPS) is 20.5. The summed E-state index contributed by atoms with van der Waals surface area (Å²) in [5, 5.41) is 9.48. The van der Waals surface area contributed by atoms with Gasteiger partial charge in [0.05, 0.1) is 17.4 Å². The Morgan fingerprint density at radius 1 is 1.35 bits per heavy atom. The van der Waals surface area contributed by atoms with Gasteiger partial charge in [0, 0.05) is 15.8 Å². The van der Waals surface area contributed by atoms with E-state index in [1.54, 1.807) is 6.92 Å². The Morgan fingerprint density at radius 3 is 2.38 bits per heavy atom. The molecule has 0 spiro atoms. The van der Waals surface area contributed by atoms with Crippen LogP contribution in [0.5, 0.6) is 0 Å². The number of hydrogen-bond donors (Lipinski definition) is 1. The van der Waals surface area contributed by atoms with Crippen molar-refractivity contribution in [3.8, 4) is 6.07 Å². The van der Waals surface area contributed by atoms with Crippen molar-refractivity contribution in [2.75, 3.05) is 5.75 Å². The van der Waals surface area contributed by atoms with Crippen LogP contribution in [0.15, 0.2) is 28.7 Å². The molecule has 8 heteroatoms. The molecule has 1 N–H and O–H groups in total. The minimum Gasteiger partial charge on any atom is -0.598 e. The maximum absolute atomic E-state index is 13.1. The third-order valence-corrected chi connectivity index (χ3v) is 9.66. The van der Waals surface area contributed by atoms with Gasteiger partial charge in [0.25, 0.3) is 0 Å². The zero-order chi connectivity index (χ0) is 19.8. The molecule has 5 nitrogen and oxygen atoms in total. The number of nitriles is 1. The number of nitrogens with one attached hydrogen (secondary N) is 1. The summed E-state index contributed by atoms with van der Waals surface area (Å²) in [6.45, 7) is 7.22. The molecule has 0 heterocycles. The Labute approximate surface area is 167 Å². The van der Waals surface area contributed by atoms with Gasteiger partial charge in [-0.25, -0.2) is 8.42 Å². The molecule has 0 aromatic heterocycles. The summed E-state index contributed by atoms with van der Waals surface area (Å²) >= 11 is 1.94. The fourth-order valence-electron chi connectivity index (χ4n) is 2.87. The summed E-state index contributed by atoms with van der Waals surface area (Å²) in [5.74, 6) is -0.286. The Balaban J connectivity index is 2.46. The predicted octanol–water partition coefficient (Wildman–Crippen LogP) is 3.58. The van der Waals surface area contributed by atoms with Crippen molar-refractivity contribution >= 4 is 37.1 Å². The van der Waals surface area contributed by atoms with Crippen LogP contribution in [0.2, 0.25) is 0 Å². The van der Waals surface area contributed by atoms with Crippen molar-refractivity contribution in [3.05, 3.63) is 34.3 Å². The number of sulfone groups is 1. The minimum absolute atomic E-state index is 0.286. The molecule has 1 aliphatic rings. The molecular formula is C18H25BrN2O3S2. The van der Waals surface area contributed by atoms with Crippen LogP contribution in [0.3, 0.4) is 0 Å². The maximum Gasteiger partial charge on any atom is 0.171 e. The predicted molar refractivity (Wildman–Crippen MR) is 109 cm³/mol. The first-order valence-electron chi connectivity index (χ1n) is 8.45. The van der Waals surface area contributed by atoms with Crippen molar-refractivity contribution in [1.29, 1.82) is 5.26 Å². The molecule has 0 aliphatic heterocycles. The van der Waals surface area contributed by atoms with E-state index in [0.29, 0.717) is 18.4 Å². The van der Waals surface area contributed by atoms with Crippen molar-refractivity contribution in [3.63, 3.8) is 0 Å². The summed E-state index contributed by atoms with van der Waals surface area (Å²) in [5.41, 5.74) is -0.374. The highest BCUT2D eigenvalue weighted by molar-refractivity contribution is 9.10. The highest BCUT2D eigenvalue weighted by Crippen LogP contribution is 2.42. The average Bonchev–Trinajstić information content (AvgIpc) is 2.44. The van der Waals surface area contributed by atoms with Gasteiger partial charge in [-0.05, 0) is 64.7 Å². The van der Waals surface area contributed by atoms with E-state index in [1.165, 1.54) is 0 Å². The molecule has 2 rings (SSSR count). The van der Waals surface area contributed by atoms with E-state index in [4.69, 9.17) is 0 Å². The van der Waals surface area contributed by atoms with Crippen LogP contribution in [0, 0.1) is 11.3 Å². The molecule has 2 atom stereocenters. The van der Waals surface area contributed by atoms with Gasteiger partial charge < -0.3 is 4.55 Å². The van der Waals surface area contributed by atoms with Crippen LogP contribution >= 0.6 is 15.9 Å². The third-order valence-electron chi connectivity index (χ3n) is 4.77. The van der Waals surface area contributed by atoms with Gasteiger partial charge in [-0.1, -0.05) is 28.1 Å². The second kappa shape index (κ2) is 7.44. The van der Waals surface area contributed by atoms with Gasteiger partial charge in [0.1, 0.15) is 4.75 Å². The average molecular weight is 461 g/mol. The summed E-state index contributed by atoms with van der Waals surface area (Å²) in [7, 11) is -3.72. The van der Waals surface area contributed by atoms with Crippen LogP contribution in [0.25, 0.3) is 0 Å². The molecule has 1 unspecified atom stereocenters. The monoisotopic (exact) mass is 460 g/mol. The Morgan fingerprint density at radius 2 is 1.96 bits per heavy atom. The van der Waals surface area contributed by atoms with Crippen LogP contribution in [-0.2, 0) is 26.7 Å². The molecule has 1 saturated carbocycles. The fourth-order valence-corrected chi connectivity index (χ4v) is 6.59. The lowest BCUT2D eigenvalue weighted by atomic mass is 9.86. The highest BCUT2D eigenvalue weighted by atomic mass is 79.9. The molecule has 0 amide bonds. The van der Waals surface area contributed by atoms with Gasteiger partial charge in [-0.2, -0.15) is 5.26 Å². The van der Waals surface area contributed by atoms with Crippen molar-refractivity contribution in [1.82, 2.24) is 4.72 Å². The van der Waals surface area contributed by atoms with E-state index in [0.717, 1.165) is 10.9 Å². The Bertz CT molecular complexity index is 810. The maximum atomic E-state index is 13.1. The van der Waals surface area contributed by atoms with Crippen molar-refractivity contribution < 1.29 is 13.0 Å². The standard InChI is InChI=1S/C18H25BrN2O3S2/c1-16(2,3)25(22)21-17(4,14-7-5-8-15(19)11-14)13-26(23,24)18(12-20)9-6-10-18/h5,7-8,11,21H,6,9-10,13H2,1-4H3/t17-,25?/m0/s1. The quantitative estimate of drug-likeness (QED) is 0.654. The number of rotatable bonds is 6. The minimum atomic E-state index is -3.72. The highest BCUT2D eigenvalue weighted by Gasteiger charge is 2.53. The summed E-state index contributed by atoms with van der Waals surface area (Å²) < 4.78 is 40.9. The van der Waals surface area contributed by atoms with Gasteiger partial charge in [-0.15, -0.1) is 4.72 Å². The molecule has 0 bridgehead atoms. The Hall–Kier alpha value is -0.590. The lowest BCUT2D eigenvalue weighted by Crippen LogP contribution is -2.56. The largest absolute Gasteiger partial charge is 0.598 e. The molecular weight excluding hydrogens is 436 g/mol. The lowest BCUT2D eigenvalue weighted by Gasteiger charge is -2.40. The van der Waals surface area contributed by atoms with E-state index >= 15 is 0 Å². The zero-order valence-corrected chi connectivity index (χ0v) is 18.7. The van der Waals surface area contributed by atoms with Gasteiger partial charge >= 0.3 is 0 Å². The SMILES string of the molecule is CC(C)(C)[S+]([O-])N[C@@](C)(CS(=O)(=O)C1(C#N)CCC1)c1cccc(Br)c1. The van der Waals surface area contributed by atoms with Crippen molar-refractivity contribution in [2.24, 2.45) is 0 Å². The van der Waals surface area contributed by atoms with Crippen LogP contribution in [-0.4, -0.2) is 28.2 Å². The first-order chi connectivity index (χ1) is 11.9. The van der Waals surface area contributed by atoms with Gasteiger partial charge in [0.2, 0.25) is 0 Å². The zero-order valence-electron chi connectivity index (χ0n) is 15.5. The first kappa shape index (κ1) is 21.7. The Kier molecular flexibility index (Phi) is 6.21. The number of halogens is 1. The van der Waals surface area contributed by atoms with Crippen LogP contribution in [0.1, 0.15) is 52.5 Å². The van der Waals surface area contributed by atoms with E-state index in [2.05, 4.69) is 20.7 Å². The smallest absolute Gasteiger partial charge is 0.171 e. The molecule has 26 heavy (non-hydrogen) atoms. The second-order valence-electron chi connectivity index (χ2n) is 8.04. The molecule has 144 valence electrons. The lowest BCUT2D eigenvalue weighted by molar-refractivity contribution is 0.393. The molecule has 0 radical (unpaired) electrons. The first-order valence-corrected chi connectivity index (χ1v) is 12.0. The molecule has 1 aromatic carbocycles. The molecule has 0 saturated heterocycles. The summed E-state index contributed by atoms with van der Waals surface area (Å²) in [6, 6.07) is 9.32. The summed E-state index contributed by atoms with van der Waals surface area (Å²) in [6.07, 6.45) is 1.47. The van der Waals surface area contributed by atoms with E-state index in [1.807, 2.05) is 51.1 Å². The number of benzene rings is 1. The number of nitrogens with zero attached hydrogens (tertiary/aromatic N) is 1. The molecule has 1 aliphatic carbocycles. The van der Waals surface area contributed by atoms with E-state index in [9.17, 15) is 18.2 Å². The molecule has 1 fully saturated rings. The van der Waals surface area contributed by atoms with Crippen LogP contribution in [0.4, 0.5) is 0 Å². The number of hydrogen-bond acceptors (Lipinski definition) is 5. The van der Waals surface area contributed by atoms with E-state index < -0.39 is 36.2 Å². The topological polar surface area (TPSA) is 93.0 Å². The third kappa shape index (κ3) is 4.28.